The molecular formula is C45H60O5. The van der Waals surface area contributed by atoms with Gasteiger partial charge in [-0.25, -0.2) is 9.59 Å². The molecule has 9 atom stereocenters. The van der Waals surface area contributed by atoms with E-state index in [1.807, 2.05) is 67.8 Å². The molecule has 0 unspecified atom stereocenters. The van der Waals surface area contributed by atoms with Crippen LogP contribution in [0.2, 0.25) is 0 Å². The minimum Gasteiger partial charge on any atom is -0.462 e. The standard InChI is InChI=1S/C45H60O5/c1-40(2)34-27-33(48-8)37-32(43(34,5)21-20-36(40)50-39(47)31-17-13-10-14-18-31)19-22-44(6)35-28-41(3,23-24-42(35,4)25-26-45(37,44)7)29-49-38(46)30-15-11-9-12-16-30/h9-18,33-36H,19-29H2,1-8H3/t33-,34-,35+,36+,41+,42+,43+,44-,45+/m0/s1. The lowest BCUT2D eigenvalue weighted by Gasteiger charge is -2.70. The maximum absolute atomic E-state index is 13.3. The van der Waals surface area contributed by atoms with Crippen molar-refractivity contribution in [1.29, 1.82) is 0 Å². The molecule has 5 nitrogen and oxygen atoms in total. The molecule has 5 aliphatic carbocycles. The van der Waals surface area contributed by atoms with E-state index >= 15 is 0 Å². The average molecular weight is 681 g/mol. The summed E-state index contributed by atoms with van der Waals surface area (Å²) in [6, 6.07) is 18.8. The largest absolute Gasteiger partial charge is 0.462 e. The van der Waals surface area contributed by atoms with Crippen LogP contribution in [-0.4, -0.2) is 37.9 Å². The highest BCUT2D eigenvalue weighted by Crippen LogP contribution is 2.75. The maximum Gasteiger partial charge on any atom is 0.338 e. The molecule has 7 rings (SSSR count). The van der Waals surface area contributed by atoms with Crippen LogP contribution in [-0.2, 0) is 14.2 Å². The maximum atomic E-state index is 13.3. The summed E-state index contributed by atoms with van der Waals surface area (Å²) < 4.78 is 19.0. The fraction of sp³-hybridized carbons (Fsp3) is 0.644. The van der Waals surface area contributed by atoms with Crippen LogP contribution >= 0.6 is 0 Å². The van der Waals surface area contributed by atoms with Crippen LogP contribution in [0.3, 0.4) is 0 Å². The third-order valence-electron chi connectivity index (χ3n) is 15.9. The quantitative estimate of drug-likeness (QED) is 0.224. The van der Waals surface area contributed by atoms with Gasteiger partial charge in [0.1, 0.15) is 6.10 Å². The second kappa shape index (κ2) is 12.3. The normalized spacial score (nSPS) is 40.4. The van der Waals surface area contributed by atoms with Crippen LogP contribution in [0, 0.1) is 44.3 Å². The second-order valence-corrected chi connectivity index (χ2v) is 18.9. The molecule has 50 heavy (non-hydrogen) atoms. The molecule has 0 bridgehead atoms. The van der Waals surface area contributed by atoms with E-state index < -0.39 is 0 Å². The Bertz CT molecular complexity index is 1650. The molecule has 5 aliphatic rings. The van der Waals surface area contributed by atoms with Crippen LogP contribution in [0.4, 0.5) is 0 Å². The van der Waals surface area contributed by atoms with E-state index in [1.165, 1.54) is 25.7 Å². The highest BCUT2D eigenvalue weighted by molar-refractivity contribution is 5.89. The van der Waals surface area contributed by atoms with E-state index in [2.05, 4.69) is 48.5 Å². The van der Waals surface area contributed by atoms with Crippen molar-refractivity contribution in [2.45, 2.75) is 125 Å². The molecule has 3 saturated carbocycles. The van der Waals surface area contributed by atoms with Gasteiger partial charge < -0.3 is 14.2 Å². The van der Waals surface area contributed by atoms with Crippen molar-refractivity contribution in [3.8, 4) is 0 Å². The van der Waals surface area contributed by atoms with Crippen LogP contribution in [0.25, 0.3) is 0 Å². The zero-order valence-corrected chi connectivity index (χ0v) is 31.9. The molecule has 0 aliphatic heterocycles. The monoisotopic (exact) mass is 680 g/mol. The Morgan fingerprint density at radius 2 is 1.36 bits per heavy atom. The van der Waals surface area contributed by atoms with Crippen LogP contribution in [0.1, 0.15) is 133 Å². The van der Waals surface area contributed by atoms with Gasteiger partial charge in [-0.1, -0.05) is 90.4 Å². The number of methoxy groups -OCH3 is 1. The average Bonchev–Trinajstić information content (AvgIpc) is 3.11. The van der Waals surface area contributed by atoms with Crippen molar-refractivity contribution in [3.63, 3.8) is 0 Å². The Kier molecular flexibility index (Phi) is 8.76. The lowest BCUT2D eigenvalue weighted by molar-refractivity contribution is -0.171. The molecule has 0 saturated heterocycles. The molecule has 270 valence electrons. The van der Waals surface area contributed by atoms with E-state index in [4.69, 9.17) is 14.2 Å². The van der Waals surface area contributed by atoms with Gasteiger partial charge in [0.15, 0.2) is 0 Å². The first kappa shape index (κ1) is 35.5. The van der Waals surface area contributed by atoms with E-state index in [-0.39, 0.29) is 56.6 Å². The van der Waals surface area contributed by atoms with Gasteiger partial charge in [0.25, 0.3) is 0 Å². The van der Waals surface area contributed by atoms with Crippen LogP contribution < -0.4 is 0 Å². The summed E-state index contributed by atoms with van der Waals surface area (Å²) in [5.74, 6) is 0.448. The van der Waals surface area contributed by atoms with E-state index in [0.29, 0.717) is 29.6 Å². The van der Waals surface area contributed by atoms with Gasteiger partial charge in [-0.05, 0) is 128 Å². The SMILES string of the molecule is CO[C@H]1C[C@H]2C(C)(C)[C@H](OC(=O)c3ccccc3)CC[C@]2(C)C2=C1[C@@]1(C)CC[C@@]3(C)CC[C@@](C)(COC(=O)c4ccccc4)C[C@H]3[C@]1(C)CC2. The van der Waals surface area contributed by atoms with Gasteiger partial charge in [0, 0.05) is 17.9 Å². The number of benzene rings is 2. The molecule has 2 aromatic rings. The summed E-state index contributed by atoms with van der Waals surface area (Å²) >= 11 is 0. The number of fused-ring (bicyclic) bond motifs is 6. The first-order chi connectivity index (χ1) is 23.6. The van der Waals surface area contributed by atoms with Gasteiger partial charge in [0.2, 0.25) is 0 Å². The van der Waals surface area contributed by atoms with Gasteiger partial charge in [-0.2, -0.15) is 0 Å². The minimum absolute atomic E-state index is 0.0269. The lowest BCUT2D eigenvalue weighted by Crippen LogP contribution is -2.63. The number of hydrogen-bond acceptors (Lipinski definition) is 5. The minimum atomic E-state index is -0.216. The van der Waals surface area contributed by atoms with Crippen molar-refractivity contribution < 1.29 is 23.8 Å². The van der Waals surface area contributed by atoms with Crippen LogP contribution in [0.15, 0.2) is 71.8 Å². The number of rotatable bonds is 6. The molecule has 0 aromatic heterocycles. The van der Waals surface area contributed by atoms with E-state index in [9.17, 15) is 9.59 Å². The van der Waals surface area contributed by atoms with E-state index in [0.717, 1.165) is 38.5 Å². The van der Waals surface area contributed by atoms with Gasteiger partial charge in [0.05, 0.1) is 23.8 Å². The summed E-state index contributed by atoms with van der Waals surface area (Å²) in [6.07, 6.45) is 10.8. The van der Waals surface area contributed by atoms with E-state index in [1.54, 1.807) is 11.1 Å². The summed E-state index contributed by atoms with van der Waals surface area (Å²) in [5.41, 5.74) is 4.73. The highest BCUT2D eigenvalue weighted by Gasteiger charge is 2.68. The number of esters is 2. The van der Waals surface area contributed by atoms with Gasteiger partial charge >= 0.3 is 11.9 Å². The summed E-state index contributed by atoms with van der Waals surface area (Å²) in [5, 5.41) is 0. The van der Waals surface area contributed by atoms with Gasteiger partial charge in [-0.15, -0.1) is 0 Å². The van der Waals surface area contributed by atoms with Crippen LogP contribution in [0.5, 0.6) is 0 Å². The van der Waals surface area contributed by atoms with Crippen molar-refractivity contribution in [2.24, 2.45) is 44.3 Å². The predicted octanol–water partition coefficient (Wildman–Crippen LogP) is 10.6. The molecule has 0 radical (unpaired) electrons. The summed E-state index contributed by atoms with van der Waals surface area (Å²) in [4.78, 5) is 26.3. The first-order valence-corrected chi connectivity index (χ1v) is 19.4. The first-order valence-electron chi connectivity index (χ1n) is 19.4. The molecule has 0 heterocycles. The lowest BCUT2D eigenvalue weighted by atomic mass is 9.35. The van der Waals surface area contributed by atoms with Gasteiger partial charge in [-0.3, -0.25) is 0 Å². The predicted molar refractivity (Wildman–Crippen MR) is 198 cm³/mol. The number of hydrogen-bond donors (Lipinski definition) is 0. The third kappa shape index (κ3) is 5.42. The zero-order valence-electron chi connectivity index (χ0n) is 31.9. The molecule has 0 amide bonds. The van der Waals surface area contributed by atoms with Crippen molar-refractivity contribution in [3.05, 3.63) is 82.9 Å². The number of carbonyl (C=O) groups is 2. The van der Waals surface area contributed by atoms with Crippen molar-refractivity contribution >= 4 is 11.9 Å². The third-order valence-corrected chi connectivity index (χ3v) is 15.9. The Hall–Kier alpha value is -2.92. The fourth-order valence-electron chi connectivity index (χ4n) is 12.5. The Morgan fingerprint density at radius 3 is 2.00 bits per heavy atom. The molecule has 2 aromatic carbocycles. The molecule has 0 N–H and O–H groups in total. The Balaban J connectivity index is 1.18. The number of carbonyl (C=O) groups excluding carboxylic acids is 2. The molecule has 3 fully saturated rings. The number of allylic oxidation sites excluding steroid dienone is 1. The molecule has 5 heteroatoms. The fourth-order valence-corrected chi connectivity index (χ4v) is 12.5. The number of ether oxygens (including phenoxy) is 3. The summed E-state index contributed by atoms with van der Waals surface area (Å²) in [7, 11) is 1.92. The second-order valence-electron chi connectivity index (χ2n) is 18.9. The Morgan fingerprint density at radius 1 is 0.740 bits per heavy atom. The van der Waals surface area contributed by atoms with Crippen molar-refractivity contribution in [1.82, 2.24) is 0 Å². The topological polar surface area (TPSA) is 61.8 Å². The highest BCUT2D eigenvalue weighted by atomic mass is 16.5. The zero-order chi connectivity index (χ0) is 35.7. The Labute approximate surface area is 300 Å². The molecule has 0 spiro atoms. The molecular weight excluding hydrogens is 620 g/mol. The smallest absolute Gasteiger partial charge is 0.338 e. The summed E-state index contributed by atoms with van der Waals surface area (Å²) in [6.45, 7) is 17.8. The van der Waals surface area contributed by atoms with Crippen molar-refractivity contribution in [2.75, 3.05) is 13.7 Å².